The van der Waals surface area contributed by atoms with Crippen molar-refractivity contribution in [2.24, 2.45) is 5.73 Å². The molecule has 0 amide bonds. The standard InChI is InChI=1S/C10H13NO3.BrH/c11-6-8(5-10(13)14)7-1-3-9(12)4-2-7;/h1-4,8,12H,5-6,11H2,(H,13,14);1H. The Kier molecular flexibility index (Phi) is 5.96. The predicted molar refractivity (Wildman–Crippen MR) is 62.5 cm³/mol. The minimum Gasteiger partial charge on any atom is -0.508 e. The number of phenolic OH excluding ortho intramolecular Hbond substituents is 1. The molecule has 84 valence electrons. The number of rotatable bonds is 4. The molecule has 0 saturated carbocycles. The number of phenols is 1. The number of carboxylic acid groups (broad SMARTS) is 1. The molecule has 1 aromatic carbocycles. The van der Waals surface area contributed by atoms with E-state index in [4.69, 9.17) is 15.9 Å². The first kappa shape index (κ1) is 13.9. The lowest BCUT2D eigenvalue weighted by molar-refractivity contribution is -0.137. The van der Waals surface area contributed by atoms with E-state index in [1.807, 2.05) is 0 Å². The third-order valence-electron chi connectivity index (χ3n) is 2.07. The molecule has 4 N–H and O–H groups in total. The van der Waals surface area contributed by atoms with Gasteiger partial charge in [-0.05, 0) is 24.2 Å². The number of hydrogen-bond donors (Lipinski definition) is 3. The largest absolute Gasteiger partial charge is 0.508 e. The van der Waals surface area contributed by atoms with Crippen molar-refractivity contribution in [1.29, 1.82) is 0 Å². The van der Waals surface area contributed by atoms with E-state index < -0.39 is 5.97 Å². The predicted octanol–water partition coefficient (Wildman–Crippen LogP) is 1.49. The van der Waals surface area contributed by atoms with Crippen LogP contribution in [0.3, 0.4) is 0 Å². The van der Waals surface area contributed by atoms with Crippen LogP contribution in [-0.4, -0.2) is 22.7 Å². The van der Waals surface area contributed by atoms with Crippen molar-refractivity contribution in [2.75, 3.05) is 6.54 Å². The van der Waals surface area contributed by atoms with Gasteiger partial charge < -0.3 is 15.9 Å². The van der Waals surface area contributed by atoms with Crippen molar-refractivity contribution in [3.05, 3.63) is 29.8 Å². The molecule has 5 heteroatoms. The minimum atomic E-state index is -0.867. The zero-order valence-electron chi connectivity index (χ0n) is 8.09. The van der Waals surface area contributed by atoms with Crippen molar-refractivity contribution in [3.8, 4) is 5.75 Å². The summed E-state index contributed by atoms with van der Waals surface area (Å²) in [6, 6.07) is 6.44. The van der Waals surface area contributed by atoms with E-state index in [-0.39, 0.29) is 41.6 Å². The molecule has 0 heterocycles. The van der Waals surface area contributed by atoms with Gasteiger partial charge in [-0.15, -0.1) is 17.0 Å². The SMILES string of the molecule is Br.NCC(CC(=O)O)c1ccc(O)cc1. The van der Waals surface area contributed by atoms with Gasteiger partial charge in [0.15, 0.2) is 0 Å². The van der Waals surface area contributed by atoms with Gasteiger partial charge in [0.2, 0.25) is 0 Å². The molecular weight excluding hydrogens is 262 g/mol. The maximum Gasteiger partial charge on any atom is 0.304 e. The number of nitrogens with two attached hydrogens (primary N) is 1. The van der Waals surface area contributed by atoms with Crippen molar-refractivity contribution in [3.63, 3.8) is 0 Å². The summed E-state index contributed by atoms with van der Waals surface area (Å²) in [5.41, 5.74) is 6.31. The summed E-state index contributed by atoms with van der Waals surface area (Å²) < 4.78 is 0. The Balaban J connectivity index is 0.00000196. The van der Waals surface area contributed by atoms with Crippen LogP contribution in [0.5, 0.6) is 5.75 Å². The normalized spacial score (nSPS) is 11.5. The molecule has 1 aromatic rings. The third-order valence-corrected chi connectivity index (χ3v) is 2.07. The fourth-order valence-electron chi connectivity index (χ4n) is 1.29. The Morgan fingerprint density at radius 3 is 2.27 bits per heavy atom. The smallest absolute Gasteiger partial charge is 0.304 e. The first-order valence-electron chi connectivity index (χ1n) is 4.34. The lowest BCUT2D eigenvalue weighted by atomic mass is 9.96. The lowest BCUT2D eigenvalue weighted by Crippen LogP contribution is -2.16. The summed E-state index contributed by atoms with van der Waals surface area (Å²) in [5, 5.41) is 17.7. The quantitative estimate of drug-likeness (QED) is 0.778. The van der Waals surface area contributed by atoms with Gasteiger partial charge in [0.05, 0.1) is 6.42 Å². The molecule has 0 aliphatic rings. The molecule has 1 atom stereocenters. The minimum absolute atomic E-state index is 0. The van der Waals surface area contributed by atoms with Gasteiger partial charge in [-0.2, -0.15) is 0 Å². The van der Waals surface area contributed by atoms with Crippen LogP contribution < -0.4 is 5.73 Å². The van der Waals surface area contributed by atoms with E-state index >= 15 is 0 Å². The molecule has 15 heavy (non-hydrogen) atoms. The highest BCUT2D eigenvalue weighted by atomic mass is 79.9. The van der Waals surface area contributed by atoms with Gasteiger partial charge >= 0.3 is 5.97 Å². The summed E-state index contributed by atoms with van der Waals surface area (Å²) in [5.74, 6) is -0.888. The summed E-state index contributed by atoms with van der Waals surface area (Å²) in [6.45, 7) is 0.289. The second kappa shape index (κ2) is 6.42. The van der Waals surface area contributed by atoms with Gasteiger partial charge in [-0.1, -0.05) is 12.1 Å². The topological polar surface area (TPSA) is 83.6 Å². The van der Waals surface area contributed by atoms with E-state index in [2.05, 4.69) is 0 Å². The van der Waals surface area contributed by atoms with Gasteiger partial charge in [-0.25, -0.2) is 0 Å². The monoisotopic (exact) mass is 275 g/mol. The number of hydrogen-bond acceptors (Lipinski definition) is 3. The summed E-state index contributed by atoms with van der Waals surface area (Å²) >= 11 is 0. The number of halogens is 1. The average molecular weight is 276 g/mol. The van der Waals surface area contributed by atoms with E-state index in [0.29, 0.717) is 0 Å². The zero-order valence-corrected chi connectivity index (χ0v) is 9.80. The molecule has 1 unspecified atom stereocenters. The number of aromatic hydroxyl groups is 1. The van der Waals surface area contributed by atoms with E-state index in [9.17, 15) is 4.79 Å². The van der Waals surface area contributed by atoms with Crippen LogP contribution in [0.1, 0.15) is 17.9 Å². The second-order valence-electron chi connectivity index (χ2n) is 3.12. The Morgan fingerprint density at radius 1 is 1.33 bits per heavy atom. The van der Waals surface area contributed by atoms with Crippen LogP contribution in [0.25, 0.3) is 0 Å². The summed E-state index contributed by atoms with van der Waals surface area (Å²) in [4.78, 5) is 10.5. The van der Waals surface area contributed by atoms with Crippen molar-refractivity contribution >= 4 is 23.0 Å². The maximum atomic E-state index is 10.5. The van der Waals surface area contributed by atoms with Crippen LogP contribution in [0, 0.1) is 0 Å². The Hall–Kier alpha value is -1.07. The van der Waals surface area contributed by atoms with Crippen LogP contribution >= 0.6 is 17.0 Å². The fourth-order valence-corrected chi connectivity index (χ4v) is 1.29. The zero-order chi connectivity index (χ0) is 10.6. The molecule has 0 saturated heterocycles. The molecule has 0 aromatic heterocycles. The Morgan fingerprint density at radius 2 is 1.87 bits per heavy atom. The van der Waals surface area contributed by atoms with Gasteiger partial charge in [-0.3, -0.25) is 4.79 Å². The Bertz CT molecular complexity index is 313. The van der Waals surface area contributed by atoms with Gasteiger partial charge in [0, 0.05) is 5.92 Å². The van der Waals surface area contributed by atoms with E-state index in [1.54, 1.807) is 12.1 Å². The number of carboxylic acids is 1. The van der Waals surface area contributed by atoms with Crippen molar-refractivity contribution in [2.45, 2.75) is 12.3 Å². The number of benzene rings is 1. The average Bonchev–Trinajstić information content (AvgIpc) is 2.15. The van der Waals surface area contributed by atoms with Crippen LogP contribution in [0.2, 0.25) is 0 Å². The van der Waals surface area contributed by atoms with E-state index in [0.717, 1.165) is 5.56 Å². The summed E-state index contributed by atoms with van der Waals surface area (Å²) in [7, 11) is 0. The van der Waals surface area contributed by atoms with Crippen LogP contribution in [-0.2, 0) is 4.79 Å². The number of carbonyl (C=O) groups is 1. The maximum absolute atomic E-state index is 10.5. The molecule has 0 aliphatic heterocycles. The van der Waals surface area contributed by atoms with E-state index in [1.165, 1.54) is 12.1 Å². The fraction of sp³-hybridized carbons (Fsp3) is 0.300. The lowest BCUT2D eigenvalue weighted by Gasteiger charge is -2.12. The highest BCUT2D eigenvalue weighted by molar-refractivity contribution is 8.93. The van der Waals surface area contributed by atoms with Gasteiger partial charge in [0.25, 0.3) is 0 Å². The molecule has 0 bridgehead atoms. The molecule has 4 nitrogen and oxygen atoms in total. The van der Waals surface area contributed by atoms with Gasteiger partial charge in [0.1, 0.15) is 5.75 Å². The van der Waals surface area contributed by atoms with Crippen LogP contribution in [0.4, 0.5) is 0 Å². The third kappa shape index (κ3) is 4.31. The Labute approximate surface area is 98.5 Å². The highest BCUT2D eigenvalue weighted by Gasteiger charge is 2.13. The van der Waals surface area contributed by atoms with Crippen LogP contribution in [0.15, 0.2) is 24.3 Å². The first-order valence-corrected chi connectivity index (χ1v) is 4.34. The highest BCUT2D eigenvalue weighted by Crippen LogP contribution is 2.20. The number of aliphatic carboxylic acids is 1. The molecule has 0 fully saturated rings. The molecular formula is C10H14BrNO3. The first-order chi connectivity index (χ1) is 6.63. The molecule has 0 aliphatic carbocycles. The second-order valence-corrected chi connectivity index (χ2v) is 3.12. The molecule has 1 rings (SSSR count). The summed E-state index contributed by atoms with van der Waals surface area (Å²) in [6.07, 6.45) is 0.0152. The van der Waals surface area contributed by atoms with Crippen molar-refractivity contribution < 1.29 is 15.0 Å². The molecule has 0 spiro atoms. The molecule has 0 radical (unpaired) electrons. The van der Waals surface area contributed by atoms with Crippen molar-refractivity contribution in [1.82, 2.24) is 0 Å².